The molecule has 0 aliphatic carbocycles. The van der Waals surface area contributed by atoms with Crippen LogP contribution in [0.4, 0.5) is 5.69 Å². The minimum absolute atomic E-state index is 0.0373. The number of Topliss-reactive ketones (excluding diaryl/α,β-unsaturated/α-hetero) is 1. The van der Waals surface area contributed by atoms with Crippen molar-refractivity contribution in [3.63, 3.8) is 0 Å². The molecule has 0 spiro atoms. The first-order valence-corrected chi connectivity index (χ1v) is 12.2. The Morgan fingerprint density at radius 3 is 2.16 bits per heavy atom. The summed E-state index contributed by atoms with van der Waals surface area (Å²) in [6, 6.07) is 8.79. The first-order chi connectivity index (χ1) is 15.1. The Balaban J connectivity index is 2.94. The van der Waals surface area contributed by atoms with Crippen molar-refractivity contribution >= 4 is 34.9 Å². The molecular weight excluding hydrogens is 426 g/mol. The number of para-hydroxylation sites is 1. The maximum atomic E-state index is 13.1. The number of anilines is 1. The molecule has 0 heterocycles. The summed E-state index contributed by atoms with van der Waals surface area (Å²) in [4.78, 5) is 39.1. The van der Waals surface area contributed by atoms with E-state index in [-0.39, 0.29) is 11.5 Å². The van der Waals surface area contributed by atoms with E-state index in [0.29, 0.717) is 24.9 Å². The van der Waals surface area contributed by atoms with Gasteiger partial charge in [-0.05, 0) is 44.7 Å². The molecule has 0 aliphatic heterocycles. The van der Waals surface area contributed by atoms with E-state index in [9.17, 15) is 14.4 Å². The van der Waals surface area contributed by atoms with Gasteiger partial charge in [0.2, 0.25) is 5.91 Å². The second-order valence-electron chi connectivity index (χ2n) is 9.52. The van der Waals surface area contributed by atoms with Crippen LogP contribution in [0.2, 0.25) is 0 Å². The number of nitrogens with one attached hydrogen (secondary N) is 1. The third-order valence-corrected chi connectivity index (χ3v) is 5.56. The van der Waals surface area contributed by atoms with E-state index in [1.165, 1.54) is 6.42 Å². The van der Waals surface area contributed by atoms with Gasteiger partial charge < -0.3 is 10.1 Å². The Morgan fingerprint density at radius 2 is 1.59 bits per heavy atom. The van der Waals surface area contributed by atoms with Gasteiger partial charge in [-0.25, -0.2) is 0 Å². The van der Waals surface area contributed by atoms with E-state index in [1.807, 2.05) is 13.0 Å². The van der Waals surface area contributed by atoms with Crippen LogP contribution in [0.1, 0.15) is 86.0 Å². The Morgan fingerprint density at radius 1 is 0.969 bits per heavy atom. The van der Waals surface area contributed by atoms with Gasteiger partial charge in [0.05, 0.1) is 0 Å². The third-order valence-electron chi connectivity index (χ3n) is 5.34. The van der Waals surface area contributed by atoms with E-state index in [4.69, 9.17) is 16.3 Å². The van der Waals surface area contributed by atoms with Crippen LogP contribution in [0.3, 0.4) is 0 Å². The second kappa shape index (κ2) is 14.3. The number of carbonyl (C=O) groups is 3. The van der Waals surface area contributed by atoms with Crippen molar-refractivity contribution in [3.8, 4) is 0 Å². The van der Waals surface area contributed by atoms with Crippen molar-refractivity contribution in [1.29, 1.82) is 0 Å². The fourth-order valence-corrected chi connectivity index (χ4v) is 3.51. The minimum Gasteiger partial charge on any atom is -0.461 e. The standard InChI is InChI=1S/C26H40ClNO4/c1-6-7-8-9-13-16-21(18-17-19(2)27)32-25(31)22(23(29)26(3,4)5)24(30)28-20-14-11-10-12-15-20/h10-12,14-15,19,21-22H,6-9,13,16-18H2,1-5H3,(H,28,30). The van der Waals surface area contributed by atoms with Crippen LogP contribution >= 0.6 is 11.6 Å². The van der Waals surface area contributed by atoms with E-state index in [2.05, 4.69) is 12.2 Å². The van der Waals surface area contributed by atoms with E-state index in [0.717, 1.165) is 25.7 Å². The molecular formula is C26H40ClNO4. The summed E-state index contributed by atoms with van der Waals surface area (Å²) in [7, 11) is 0. The van der Waals surface area contributed by atoms with E-state index >= 15 is 0 Å². The molecule has 0 aliphatic rings. The first-order valence-electron chi connectivity index (χ1n) is 11.8. The lowest BCUT2D eigenvalue weighted by Crippen LogP contribution is -2.43. The molecule has 0 fully saturated rings. The number of ketones is 1. The van der Waals surface area contributed by atoms with Crippen LogP contribution in [0.15, 0.2) is 30.3 Å². The van der Waals surface area contributed by atoms with Crippen LogP contribution in [0.5, 0.6) is 0 Å². The lowest BCUT2D eigenvalue weighted by molar-refractivity contribution is -0.161. The predicted molar refractivity (Wildman–Crippen MR) is 131 cm³/mol. The number of hydrogen-bond donors (Lipinski definition) is 1. The molecule has 0 radical (unpaired) electrons. The zero-order valence-corrected chi connectivity index (χ0v) is 21.0. The van der Waals surface area contributed by atoms with Crippen LogP contribution in [0.25, 0.3) is 0 Å². The number of alkyl halides is 1. The quantitative estimate of drug-likeness (QED) is 0.146. The fraction of sp³-hybridized carbons (Fsp3) is 0.654. The zero-order valence-electron chi connectivity index (χ0n) is 20.3. The molecule has 5 nitrogen and oxygen atoms in total. The van der Waals surface area contributed by atoms with Gasteiger partial charge in [0.1, 0.15) is 6.10 Å². The molecule has 180 valence electrons. The highest BCUT2D eigenvalue weighted by molar-refractivity contribution is 6.21. The zero-order chi connectivity index (χ0) is 24.1. The fourth-order valence-electron chi connectivity index (χ4n) is 3.39. The SMILES string of the molecule is CCCCCCCC(CCC(C)Cl)OC(=O)C(C(=O)Nc1ccccc1)C(=O)C(C)(C)C. The summed E-state index contributed by atoms with van der Waals surface area (Å²) in [6.45, 7) is 9.17. The number of carbonyl (C=O) groups excluding carboxylic acids is 3. The highest BCUT2D eigenvalue weighted by atomic mass is 35.5. The van der Waals surface area contributed by atoms with Crippen LogP contribution in [-0.2, 0) is 19.1 Å². The molecule has 1 aromatic carbocycles. The summed E-state index contributed by atoms with van der Waals surface area (Å²) in [5.74, 6) is -3.40. The van der Waals surface area contributed by atoms with Gasteiger partial charge in [0, 0.05) is 16.5 Å². The lowest BCUT2D eigenvalue weighted by Gasteiger charge is -2.25. The molecule has 1 rings (SSSR count). The Hall–Kier alpha value is -1.88. The lowest BCUT2D eigenvalue weighted by atomic mass is 9.82. The maximum absolute atomic E-state index is 13.1. The molecule has 3 unspecified atom stereocenters. The van der Waals surface area contributed by atoms with Gasteiger partial charge in [-0.1, -0.05) is 71.6 Å². The average Bonchev–Trinajstić information content (AvgIpc) is 2.71. The Labute approximate surface area is 198 Å². The normalized spacial score (nSPS) is 14.3. The van der Waals surface area contributed by atoms with Gasteiger partial charge in [0.25, 0.3) is 0 Å². The predicted octanol–water partition coefficient (Wildman–Crippen LogP) is 6.54. The molecule has 1 amide bonds. The van der Waals surface area contributed by atoms with Gasteiger partial charge in [-0.2, -0.15) is 0 Å². The highest BCUT2D eigenvalue weighted by Crippen LogP contribution is 2.25. The number of esters is 1. The maximum Gasteiger partial charge on any atom is 0.326 e. The number of amides is 1. The highest BCUT2D eigenvalue weighted by Gasteiger charge is 2.42. The number of benzene rings is 1. The van der Waals surface area contributed by atoms with Crippen molar-refractivity contribution in [3.05, 3.63) is 30.3 Å². The monoisotopic (exact) mass is 465 g/mol. The number of halogens is 1. The Kier molecular flexibility index (Phi) is 12.6. The summed E-state index contributed by atoms with van der Waals surface area (Å²) < 4.78 is 5.77. The van der Waals surface area contributed by atoms with Crippen LogP contribution < -0.4 is 5.32 Å². The molecule has 0 saturated carbocycles. The smallest absolute Gasteiger partial charge is 0.326 e. The summed E-state index contributed by atoms with van der Waals surface area (Å²) in [5.41, 5.74) is -0.335. The van der Waals surface area contributed by atoms with Crippen molar-refractivity contribution < 1.29 is 19.1 Å². The average molecular weight is 466 g/mol. The van der Waals surface area contributed by atoms with Crippen molar-refractivity contribution in [1.82, 2.24) is 0 Å². The van der Waals surface area contributed by atoms with Crippen molar-refractivity contribution in [2.24, 2.45) is 11.3 Å². The number of ether oxygens (including phenoxy) is 1. The molecule has 3 atom stereocenters. The Bertz CT molecular complexity index is 712. The molecule has 0 saturated heterocycles. The van der Waals surface area contributed by atoms with Crippen LogP contribution in [-0.4, -0.2) is 29.1 Å². The number of unbranched alkanes of at least 4 members (excludes halogenated alkanes) is 4. The molecule has 0 bridgehead atoms. The van der Waals surface area contributed by atoms with Gasteiger partial charge in [0.15, 0.2) is 11.7 Å². The second-order valence-corrected chi connectivity index (χ2v) is 10.3. The van der Waals surface area contributed by atoms with Gasteiger partial charge in [-0.15, -0.1) is 11.6 Å². The minimum atomic E-state index is -1.51. The third kappa shape index (κ3) is 10.6. The van der Waals surface area contributed by atoms with Crippen LogP contribution in [0, 0.1) is 11.3 Å². The molecule has 6 heteroatoms. The molecule has 0 aromatic heterocycles. The summed E-state index contributed by atoms with van der Waals surface area (Å²) in [5, 5.41) is 2.65. The molecule has 1 aromatic rings. The number of rotatable bonds is 14. The van der Waals surface area contributed by atoms with Gasteiger partial charge >= 0.3 is 5.97 Å². The van der Waals surface area contributed by atoms with Crippen molar-refractivity contribution in [2.75, 3.05) is 5.32 Å². The van der Waals surface area contributed by atoms with Gasteiger partial charge in [-0.3, -0.25) is 14.4 Å². The largest absolute Gasteiger partial charge is 0.461 e. The summed E-state index contributed by atoms with van der Waals surface area (Å²) >= 11 is 6.12. The number of hydrogen-bond acceptors (Lipinski definition) is 4. The molecule has 1 N–H and O–H groups in total. The molecule has 32 heavy (non-hydrogen) atoms. The van der Waals surface area contributed by atoms with E-state index in [1.54, 1.807) is 45.0 Å². The van der Waals surface area contributed by atoms with Crippen molar-refractivity contribution in [2.45, 2.75) is 97.5 Å². The first kappa shape index (κ1) is 28.2. The topological polar surface area (TPSA) is 72.5 Å². The summed E-state index contributed by atoms with van der Waals surface area (Å²) in [6.07, 6.45) is 7.15. The van der Waals surface area contributed by atoms with E-state index < -0.39 is 29.0 Å².